The first-order chi connectivity index (χ1) is 6.74. The minimum absolute atomic E-state index is 0.128. The lowest BCUT2D eigenvalue weighted by molar-refractivity contribution is 0.196. The SMILES string of the molecule is COc1cccc(C(O)CCl)c1OC. The van der Waals surface area contributed by atoms with Crippen LogP contribution in [0.4, 0.5) is 0 Å². The number of hydrogen-bond acceptors (Lipinski definition) is 3. The van der Waals surface area contributed by atoms with Crippen molar-refractivity contribution in [2.75, 3.05) is 20.1 Å². The van der Waals surface area contributed by atoms with Gasteiger partial charge in [0.2, 0.25) is 0 Å². The number of aliphatic hydroxyl groups excluding tert-OH is 1. The van der Waals surface area contributed by atoms with Crippen LogP contribution in [0.5, 0.6) is 11.5 Å². The molecule has 1 aromatic rings. The molecule has 78 valence electrons. The molecular formula is C10H13ClO3. The van der Waals surface area contributed by atoms with Crippen molar-refractivity contribution >= 4 is 11.6 Å². The van der Waals surface area contributed by atoms with Crippen LogP contribution in [0.3, 0.4) is 0 Å². The van der Waals surface area contributed by atoms with E-state index in [1.165, 1.54) is 7.11 Å². The second-order valence-corrected chi connectivity index (χ2v) is 3.06. The number of benzene rings is 1. The Kier molecular flexibility index (Phi) is 4.04. The van der Waals surface area contributed by atoms with Gasteiger partial charge in [-0.2, -0.15) is 0 Å². The van der Waals surface area contributed by atoms with Crippen LogP contribution in [0.1, 0.15) is 11.7 Å². The fraction of sp³-hybridized carbons (Fsp3) is 0.400. The molecule has 1 N–H and O–H groups in total. The molecule has 0 aliphatic carbocycles. The van der Waals surface area contributed by atoms with Crippen molar-refractivity contribution in [2.24, 2.45) is 0 Å². The summed E-state index contributed by atoms with van der Waals surface area (Å²) < 4.78 is 10.2. The second kappa shape index (κ2) is 5.08. The molecule has 0 aliphatic rings. The van der Waals surface area contributed by atoms with Gasteiger partial charge in [0.15, 0.2) is 11.5 Å². The molecule has 14 heavy (non-hydrogen) atoms. The van der Waals surface area contributed by atoms with Gasteiger partial charge < -0.3 is 14.6 Å². The lowest BCUT2D eigenvalue weighted by atomic mass is 10.1. The highest BCUT2D eigenvalue weighted by Crippen LogP contribution is 2.34. The van der Waals surface area contributed by atoms with Crippen molar-refractivity contribution in [3.05, 3.63) is 23.8 Å². The Morgan fingerprint density at radius 3 is 2.57 bits per heavy atom. The third kappa shape index (κ3) is 2.11. The molecule has 0 fully saturated rings. The molecule has 0 bridgehead atoms. The van der Waals surface area contributed by atoms with E-state index in [9.17, 15) is 5.11 Å². The van der Waals surface area contributed by atoms with E-state index in [-0.39, 0.29) is 5.88 Å². The van der Waals surface area contributed by atoms with Gasteiger partial charge in [-0.25, -0.2) is 0 Å². The van der Waals surface area contributed by atoms with Gasteiger partial charge in [-0.3, -0.25) is 0 Å². The number of hydrogen-bond donors (Lipinski definition) is 1. The summed E-state index contributed by atoms with van der Waals surface area (Å²) in [6.07, 6.45) is -0.735. The minimum Gasteiger partial charge on any atom is -0.493 e. The van der Waals surface area contributed by atoms with E-state index in [0.29, 0.717) is 17.1 Å². The van der Waals surface area contributed by atoms with Crippen molar-refractivity contribution in [1.82, 2.24) is 0 Å². The van der Waals surface area contributed by atoms with Gasteiger partial charge in [-0.15, -0.1) is 11.6 Å². The van der Waals surface area contributed by atoms with Crippen LogP contribution in [0.25, 0.3) is 0 Å². The summed E-state index contributed by atoms with van der Waals surface area (Å²) in [7, 11) is 3.08. The number of methoxy groups -OCH3 is 2. The molecular weight excluding hydrogens is 204 g/mol. The Bertz CT molecular complexity index is 301. The summed E-state index contributed by atoms with van der Waals surface area (Å²) in [5.41, 5.74) is 0.641. The van der Waals surface area contributed by atoms with Gasteiger partial charge >= 0.3 is 0 Å². The maximum absolute atomic E-state index is 9.59. The van der Waals surface area contributed by atoms with Crippen LogP contribution in [-0.2, 0) is 0 Å². The molecule has 0 saturated carbocycles. The average Bonchev–Trinajstić information content (AvgIpc) is 2.26. The molecule has 1 unspecified atom stereocenters. The molecule has 0 aromatic heterocycles. The first kappa shape index (κ1) is 11.1. The summed E-state index contributed by atoms with van der Waals surface area (Å²) >= 11 is 5.56. The standard InChI is InChI=1S/C10H13ClO3/c1-13-9-5-3-4-7(8(12)6-11)10(9)14-2/h3-5,8,12H,6H2,1-2H3. The zero-order valence-electron chi connectivity index (χ0n) is 8.16. The highest BCUT2D eigenvalue weighted by molar-refractivity contribution is 6.18. The first-order valence-electron chi connectivity index (χ1n) is 4.19. The number of rotatable bonds is 4. The number of ether oxygens (including phenoxy) is 2. The summed E-state index contributed by atoms with van der Waals surface area (Å²) in [5.74, 6) is 1.25. The Hall–Kier alpha value is -0.930. The highest BCUT2D eigenvalue weighted by atomic mass is 35.5. The van der Waals surface area contributed by atoms with Crippen LogP contribution >= 0.6 is 11.6 Å². The van der Waals surface area contributed by atoms with Gasteiger partial charge in [0, 0.05) is 5.56 Å². The zero-order valence-corrected chi connectivity index (χ0v) is 8.91. The molecule has 0 amide bonds. The van der Waals surface area contributed by atoms with Crippen LogP contribution in [-0.4, -0.2) is 25.2 Å². The van der Waals surface area contributed by atoms with Crippen molar-refractivity contribution < 1.29 is 14.6 Å². The van der Waals surface area contributed by atoms with Crippen LogP contribution in [0.15, 0.2) is 18.2 Å². The quantitative estimate of drug-likeness (QED) is 0.783. The summed E-state index contributed by atoms with van der Waals surface area (Å²) in [6, 6.07) is 5.31. The van der Waals surface area contributed by atoms with Gasteiger partial charge in [0.25, 0.3) is 0 Å². The van der Waals surface area contributed by atoms with Crippen molar-refractivity contribution in [3.8, 4) is 11.5 Å². The van der Waals surface area contributed by atoms with E-state index >= 15 is 0 Å². The lowest BCUT2D eigenvalue weighted by Gasteiger charge is -2.14. The van der Waals surface area contributed by atoms with Gasteiger partial charge in [-0.05, 0) is 6.07 Å². The Morgan fingerprint density at radius 1 is 1.36 bits per heavy atom. The van der Waals surface area contributed by atoms with Crippen molar-refractivity contribution in [1.29, 1.82) is 0 Å². The molecule has 1 aromatic carbocycles. The lowest BCUT2D eigenvalue weighted by Crippen LogP contribution is -2.03. The number of para-hydroxylation sites is 1. The topological polar surface area (TPSA) is 38.7 Å². The van der Waals surface area contributed by atoms with E-state index < -0.39 is 6.10 Å². The molecule has 0 aliphatic heterocycles. The van der Waals surface area contributed by atoms with E-state index in [4.69, 9.17) is 21.1 Å². The average molecular weight is 217 g/mol. The molecule has 4 heteroatoms. The Morgan fingerprint density at radius 2 is 2.07 bits per heavy atom. The van der Waals surface area contributed by atoms with Crippen LogP contribution < -0.4 is 9.47 Å². The summed E-state index contributed by atoms with van der Waals surface area (Å²) in [5, 5.41) is 9.59. The molecule has 0 heterocycles. The number of alkyl halides is 1. The van der Waals surface area contributed by atoms with Gasteiger partial charge in [-0.1, -0.05) is 12.1 Å². The molecule has 0 radical (unpaired) electrons. The Labute approximate surface area is 88.2 Å². The predicted octanol–water partition coefficient (Wildman–Crippen LogP) is 1.98. The van der Waals surface area contributed by atoms with E-state index in [2.05, 4.69) is 0 Å². The van der Waals surface area contributed by atoms with E-state index in [1.807, 2.05) is 0 Å². The molecule has 0 spiro atoms. The van der Waals surface area contributed by atoms with Crippen LogP contribution in [0.2, 0.25) is 0 Å². The molecule has 0 saturated heterocycles. The molecule has 3 nitrogen and oxygen atoms in total. The molecule has 1 atom stereocenters. The monoisotopic (exact) mass is 216 g/mol. The minimum atomic E-state index is -0.735. The summed E-state index contributed by atoms with van der Waals surface area (Å²) in [4.78, 5) is 0. The number of aliphatic hydroxyl groups is 1. The fourth-order valence-corrected chi connectivity index (χ4v) is 1.42. The maximum atomic E-state index is 9.59. The van der Waals surface area contributed by atoms with Crippen LogP contribution in [0, 0.1) is 0 Å². The predicted molar refractivity (Wildman–Crippen MR) is 55.2 cm³/mol. The fourth-order valence-electron chi connectivity index (χ4n) is 1.26. The van der Waals surface area contributed by atoms with E-state index in [1.54, 1.807) is 25.3 Å². The normalized spacial score (nSPS) is 12.3. The van der Waals surface area contributed by atoms with Gasteiger partial charge in [0.05, 0.1) is 26.2 Å². The third-order valence-electron chi connectivity index (χ3n) is 1.94. The van der Waals surface area contributed by atoms with E-state index in [0.717, 1.165) is 0 Å². The van der Waals surface area contributed by atoms with Crippen molar-refractivity contribution in [2.45, 2.75) is 6.10 Å². The smallest absolute Gasteiger partial charge is 0.166 e. The van der Waals surface area contributed by atoms with Crippen molar-refractivity contribution in [3.63, 3.8) is 0 Å². The molecule has 1 rings (SSSR count). The first-order valence-corrected chi connectivity index (χ1v) is 4.73. The van der Waals surface area contributed by atoms with Gasteiger partial charge in [0.1, 0.15) is 0 Å². The zero-order chi connectivity index (χ0) is 10.6. The Balaban J connectivity index is 3.14. The maximum Gasteiger partial charge on any atom is 0.166 e. The third-order valence-corrected chi connectivity index (χ3v) is 2.23. The largest absolute Gasteiger partial charge is 0.493 e. The number of halogens is 1. The summed E-state index contributed by atoms with van der Waals surface area (Å²) in [6.45, 7) is 0. The highest BCUT2D eigenvalue weighted by Gasteiger charge is 2.15. The second-order valence-electron chi connectivity index (χ2n) is 2.75.